The van der Waals surface area contributed by atoms with Crippen molar-refractivity contribution in [3.63, 3.8) is 0 Å². The van der Waals surface area contributed by atoms with Gasteiger partial charge in [-0.25, -0.2) is 0 Å². The van der Waals surface area contributed by atoms with Crippen LogP contribution in [0.2, 0.25) is 0 Å². The van der Waals surface area contributed by atoms with Crippen LogP contribution in [0, 0.1) is 0 Å². The molecule has 0 spiro atoms. The summed E-state index contributed by atoms with van der Waals surface area (Å²) in [5.41, 5.74) is 0. The fourth-order valence-corrected chi connectivity index (χ4v) is 1.52. The van der Waals surface area contributed by atoms with Crippen molar-refractivity contribution in [2.24, 2.45) is 0 Å². The Bertz CT molecular complexity index is 363. The van der Waals surface area contributed by atoms with Crippen LogP contribution >= 0.6 is 0 Å². The number of pyridine rings is 1. The maximum atomic E-state index is 5.53. The molecule has 0 aliphatic rings. The average molecular weight is 298 g/mol. The summed E-state index contributed by atoms with van der Waals surface area (Å²) in [6.45, 7) is 6.34. The zero-order valence-electron chi connectivity index (χ0n) is 13.0. The number of hydrogen-bond acceptors (Lipinski definition) is 6. The van der Waals surface area contributed by atoms with Crippen molar-refractivity contribution in [3.05, 3.63) is 18.2 Å². The molecule has 1 N–H and O–H groups in total. The van der Waals surface area contributed by atoms with Crippen molar-refractivity contribution in [2.45, 2.75) is 13.3 Å². The number of anilines is 1. The number of hydrogen-bond donors (Lipinski definition) is 1. The van der Waals surface area contributed by atoms with Crippen molar-refractivity contribution >= 4 is 5.82 Å². The van der Waals surface area contributed by atoms with Gasteiger partial charge in [-0.2, -0.15) is 4.98 Å². The van der Waals surface area contributed by atoms with E-state index in [1.165, 1.54) is 0 Å². The second kappa shape index (κ2) is 12.4. The molecule has 120 valence electrons. The molecule has 1 heterocycles. The van der Waals surface area contributed by atoms with Crippen molar-refractivity contribution in [3.8, 4) is 5.88 Å². The summed E-state index contributed by atoms with van der Waals surface area (Å²) < 4.78 is 21.1. The lowest BCUT2D eigenvalue weighted by atomic mass is 10.4. The van der Waals surface area contributed by atoms with E-state index in [9.17, 15) is 0 Å². The summed E-state index contributed by atoms with van der Waals surface area (Å²) in [6.07, 6.45) is 1.06. The van der Waals surface area contributed by atoms with Gasteiger partial charge in [-0.3, -0.25) is 0 Å². The predicted molar refractivity (Wildman–Crippen MR) is 82.0 cm³/mol. The van der Waals surface area contributed by atoms with Crippen molar-refractivity contribution in [1.82, 2.24) is 4.98 Å². The highest BCUT2D eigenvalue weighted by molar-refractivity contribution is 5.36. The number of nitrogens with zero attached hydrogens (tertiary/aromatic N) is 1. The van der Waals surface area contributed by atoms with Crippen LogP contribution < -0.4 is 10.1 Å². The second-order valence-electron chi connectivity index (χ2n) is 4.35. The number of ether oxygens (including phenoxy) is 4. The van der Waals surface area contributed by atoms with Crippen LogP contribution in [0.4, 0.5) is 5.82 Å². The first-order valence-corrected chi connectivity index (χ1v) is 7.35. The largest absolute Gasteiger partial charge is 0.475 e. The summed E-state index contributed by atoms with van der Waals surface area (Å²) >= 11 is 0. The number of aromatic nitrogens is 1. The first kappa shape index (κ1) is 17.7. The van der Waals surface area contributed by atoms with Crippen molar-refractivity contribution in [1.29, 1.82) is 0 Å². The van der Waals surface area contributed by atoms with E-state index in [0.29, 0.717) is 45.5 Å². The van der Waals surface area contributed by atoms with Crippen molar-refractivity contribution < 1.29 is 18.9 Å². The van der Waals surface area contributed by atoms with Gasteiger partial charge in [0.25, 0.3) is 0 Å². The predicted octanol–water partition coefficient (Wildman–Crippen LogP) is 1.96. The van der Waals surface area contributed by atoms with E-state index in [1.54, 1.807) is 7.11 Å². The fraction of sp³-hybridized carbons (Fsp3) is 0.667. The molecule has 0 fully saturated rings. The van der Waals surface area contributed by atoms with Crippen LogP contribution in [-0.4, -0.2) is 58.3 Å². The smallest absolute Gasteiger partial charge is 0.215 e. The summed E-state index contributed by atoms with van der Waals surface area (Å²) in [7, 11) is 1.65. The minimum atomic E-state index is 0.475. The molecule has 1 aromatic rings. The van der Waals surface area contributed by atoms with Crippen LogP contribution in [0.25, 0.3) is 0 Å². The molecular formula is C15H26N2O4. The van der Waals surface area contributed by atoms with Gasteiger partial charge >= 0.3 is 0 Å². The molecule has 0 saturated carbocycles. The molecule has 1 rings (SSSR count). The Morgan fingerprint density at radius 2 is 1.71 bits per heavy atom. The lowest BCUT2D eigenvalue weighted by Gasteiger charge is -2.09. The van der Waals surface area contributed by atoms with Gasteiger partial charge in [0, 0.05) is 19.7 Å². The maximum Gasteiger partial charge on any atom is 0.215 e. The number of methoxy groups -OCH3 is 1. The van der Waals surface area contributed by atoms with Gasteiger partial charge in [0.2, 0.25) is 5.88 Å². The Labute approximate surface area is 126 Å². The molecule has 0 aliphatic heterocycles. The Morgan fingerprint density at radius 1 is 1.00 bits per heavy atom. The normalized spacial score (nSPS) is 10.6. The van der Waals surface area contributed by atoms with Gasteiger partial charge in [0.15, 0.2) is 0 Å². The van der Waals surface area contributed by atoms with E-state index in [2.05, 4.69) is 17.2 Å². The fourth-order valence-electron chi connectivity index (χ4n) is 1.52. The third-order valence-corrected chi connectivity index (χ3v) is 2.56. The van der Waals surface area contributed by atoms with Crippen molar-refractivity contribution in [2.75, 3.05) is 58.6 Å². The Balaban J connectivity index is 2.04. The minimum absolute atomic E-state index is 0.475. The van der Waals surface area contributed by atoms with E-state index in [0.717, 1.165) is 18.8 Å². The molecule has 0 unspecified atom stereocenters. The molecule has 0 aliphatic carbocycles. The highest BCUT2D eigenvalue weighted by Gasteiger charge is 1.98. The number of nitrogens with one attached hydrogen (secondary N) is 1. The van der Waals surface area contributed by atoms with Crippen LogP contribution in [-0.2, 0) is 14.2 Å². The standard InChI is InChI=1S/C15H26N2O4/c1-3-7-16-14-5-4-6-15(17-14)21-13-12-20-11-10-19-9-8-18-2/h4-6H,3,7-13H2,1-2H3,(H,16,17). The van der Waals surface area contributed by atoms with Gasteiger partial charge in [0.1, 0.15) is 12.4 Å². The Hall–Kier alpha value is -1.37. The summed E-state index contributed by atoms with van der Waals surface area (Å²) in [5, 5.41) is 3.22. The van der Waals surface area contributed by atoms with E-state index < -0.39 is 0 Å². The average Bonchev–Trinajstić information content (AvgIpc) is 2.52. The topological polar surface area (TPSA) is 61.8 Å². The molecule has 6 heteroatoms. The molecule has 0 saturated heterocycles. The van der Waals surface area contributed by atoms with Crippen LogP contribution in [0.1, 0.15) is 13.3 Å². The molecule has 0 radical (unpaired) electrons. The van der Waals surface area contributed by atoms with Gasteiger partial charge in [0.05, 0.1) is 33.0 Å². The molecule has 6 nitrogen and oxygen atoms in total. The van der Waals surface area contributed by atoms with Crippen LogP contribution in [0.5, 0.6) is 5.88 Å². The quantitative estimate of drug-likeness (QED) is 0.562. The zero-order chi connectivity index (χ0) is 15.2. The van der Waals surface area contributed by atoms with Gasteiger partial charge < -0.3 is 24.3 Å². The Kier molecular flexibility index (Phi) is 10.4. The summed E-state index contributed by atoms with van der Waals surface area (Å²) in [5.74, 6) is 1.44. The molecule has 21 heavy (non-hydrogen) atoms. The minimum Gasteiger partial charge on any atom is -0.475 e. The van der Waals surface area contributed by atoms with Gasteiger partial charge in [-0.1, -0.05) is 13.0 Å². The monoisotopic (exact) mass is 298 g/mol. The Morgan fingerprint density at radius 3 is 2.43 bits per heavy atom. The number of rotatable bonds is 13. The van der Waals surface area contributed by atoms with E-state index in [1.807, 2.05) is 18.2 Å². The van der Waals surface area contributed by atoms with Gasteiger partial charge in [-0.15, -0.1) is 0 Å². The maximum absolute atomic E-state index is 5.53. The summed E-state index contributed by atoms with van der Waals surface area (Å²) in [6, 6.07) is 5.69. The summed E-state index contributed by atoms with van der Waals surface area (Å²) in [4.78, 5) is 4.35. The third-order valence-electron chi connectivity index (χ3n) is 2.56. The molecule has 1 aromatic heterocycles. The first-order chi connectivity index (χ1) is 10.4. The van der Waals surface area contributed by atoms with E-state index >= 15 is 0 Å². The molecule has 0 aromatic carbocycles. The first-order valence-electron chi connectivity index (χ1n) is 7.35. The highest BCUT2D eigenvalue weighted by Crippen LogP contribution is 2.11. The molecular weight excluding hydrogens is 272 g/mol. The second-order valence-corrected chi connectivity index (χ2v) is 4.35. The third kappa shape index (κ3) is 9.23. The molecule has 0 atom stereocenters. The SMILES string of the molecule is CCCNc1cccc(OCCOCCOCCOC)n1. The molecule has 0 amide bonds. The van der Waals surface area contributed by atoms with Crippen LogP contribution in [0.3, 0.4) is 0 Å². The lowest BCUT2D eigenvalue weighted by molar-refractivity contribution is 0.0177. The lowest BCUT2D eigenvalue weighted by Crippen LogP contribution is -2.12. The highest BCUT2D eigenvalue weighted by atomic mass is 16.6. The van der Waals surface area contributed by atoms with Crippen LogP contribution in [0.15, 0.2) is 18.2 Å². The van der Waals surface area contributed by atoms with Gasteiger partial charge in [-0.05, 0) is 12.5 Å². The zero-order valence-corrected chi connectivity index (χ0v) is 13.0. The van der Waals surface area contributed by atoms with E-state index in [-0.39, 0.29) is 0 Å². The van der Waals surface area contributed by atoms with E-state index in [4.69, 9.17) is 18.9 Å². The molecule has 0 bridgehead atoms.